The minimum Gasteiger partial charge on any atom is -0.396 e. The Kier molecular flexibility index (Phi) is 4.68. The van der Waals surface area contributed by atoms with Gasteiger partial charge in [-0.15, -0.1) is 11.3 Å². The first-order valence-corrected chi connectivity index (χ1v) is 8.79. The molecule has 2 unspecified atom stereocenters. The molecule has 0 spiro atoms. The first kappa shape index (κ1) is 16.0. The molecule has 4 N–H and O–H groups in total. The molecular weight excluding hydrogens is 308 g/mol. The third-order valence-corrected chi connectivity index (χ3v) is 5.58. The second-order valence-corrected chi connectivity index (χ2v) is 7.31. The van der Waals surface area contributed by atoms with Crippen LogP contribution in [0, 0.1) is 0 Å². The van der Waals surface area contributed by atoms with E-state index in [2.05, 4.69) is 5.32 Å². The van der Waals surface area contributed by atoms with Crippen molar-refractivity contribution in [1.29, 1.82) is 0 Å². The van der Waals surface area contributed by atoms with E-state index in [0.717, 1.165) is 33.8 Å². The molecule has 1 aromatic carbocycles. The van der Waals surface area contributed by atoms with Crippen LogP contribution in [-0.4, -0.2) is 17.1 Å². The van der Waals surface area contributed by atoms with Crippen LogP contribution < -0.4 is 11.1 Å². The van der Waals surface area contributed by atoms with Crippen LogP contribution in [0.2, 0.25) is 0 Å². The molecule has 1 aliphatic carbocycles. The van der Waals surface area contributed by atoms with E-state index < -0.39 is 0 Å². The van der Waals surface area contributed by atoms with Gasteiger partial charge in [0.15, 0.2) is 0 Å². The lowest BCUT2D eigenvalue weighted by Gasteiger charge is -2.16. The molecule has 122 valence electrons. The molecule has 0 radical (unpaired) electrons. The highest BCUT2D eigenvalue weighted by Gasteiger charge is 2.24. The van der Waals surface area contributed by atoms with Crippen molar-refractivity contribution >= 4 is 27.9 Å². The quantitative estimate of drug-likeness (QED) is 0.805. The fourth-order valence-electron chi connectivity index (χ4n) is 3.04. The molecule has 3 rings (SSSR count). The van der Waals surface area contributed by atoms with E-state index in [1.54, 1.807) is 0 Å². The van der Waals surface area contributed by atoms with Crippen molar-refractivity contribution < 1.29 is 9.90 Å². The predicted octanol–water partition coefficient (Wildman–Crippen LogP) is 3.31. The number of carbonyl (C=O) groups excluding carboxylic acids is 1. The number of amides is 1. The third-order valence-electron chi connectivity index (χ3n) is 4.39. The Balaban J connectivity index is 1.67. The highest BCUT2D eigenvalue weighted by Crippen LogP contribution is 2.40. The van der Waals surface area contributed by atoms with Gasteiger partial charge in [0.1, 0.15) is 5.00 Å². The number of hydrogen-bond donors (Lipinski definition) is 3. The largest absolute Gasteiger partial charge is 0.396 e. The average Bonchev–Trinajstić information content (AvgIpc) is 2.83. The van der Waals surface area contributed by atoms with Crippen molar-refractivity contribution in [1.82, 2.24) is 0 Å². The first-order chi connectivity index (χ1) is 11.0. The van der Waals surface area contributed by atoms with Crippen LogP contribution in [0.4, 0.5) is 10.7 Å². The first-order valence-electron chi connectivity index (χ1n) is 7.97. The van der Waals surface area contributed by atoms with Crippen LogP contribution >= 0.6 is 11.3 Å². The molecule has 0 fully saturated rings. The highest BCUT2D eigenvalue weighted by molar-refractivity contribution is 7.17. The summed E-state index contributed by atoms with van der Waals surface area (Å²) in [6, 6.07) is 10.0. The van der Waals surface area contributed by atoms with Crippen LogP contribution in [0.15, 0.2) is 30.3 Å². The van der Waals surface area contributed by atoms with Crippen molar-refractivity contribution in [2.24, 2.45) is 0 Å². The number of rotatable bonds is 4. The van der Waals surface area contributed by atoms with Gasteiger partial charge in [0, 0.05) is 17.7 Å². The summed E-state index contributed by atoms with van der Waals surface area (Å²) in [6.07, 6.45) is 2.30. The lowest BCUT2D eigenvalue weighted by Crippen LogP contribution is -2.17. The number of nitrogens with two attached hydrogens (primary N) is 1. The topological polar surface area (TPSA) is 75.4 Å². The number of anilines is 2. The molecule has 1 amide bonds. The molecule has 23 heavy (non-hydrogen) atoms. The summed E-state index contributed by atoms with van der Waals surface area (Å²) < 4.78 is 0. The van der Waals surface area contributed by atoms with Gasteiger partial charge < -0.3 is 16.2 Å². The van der Waals surface area contributed by atoms with E-state index >= 15 is 0 Å². The summed E-state index contributed by atoms with van der Waals surface area (Å²) in [5.74, 6) is 0.140. The average molecular weight is 330 g/mol. The van der Waals surface area contributed by atoms with Crippen LogP contribution in [0.25, 0.3) is 0 Å². The number of thiophene rings is 1. The minimum atomic E-state index is -0.290. The zero-order valence-corrected chi connectivity index (χ0v) is 14.0. The molecular formula is C18H22N2O2S. The standard InChI is InChI=1S/C18H22N2O2S/c1-11(12-5-3-2-4-6-12)9-16(22)20-18-17(19)14-8-7-13(21)10-15(14)23-18/h2-6,11,13,21H,7-10,19H2,1H3,(H,20,22). The van der Waals surface area contributed by atoms with Crippen molar-refractivity contribution in [3.05, 3.63) is 46.3 Å². The zero-order valence-electron chi connectivity index (χ0n) is 13.2. The number of carbonyl (C=O) groups is 1. The number of aliphatic hydroxyl groups excluding tert-OH is 1. The summed E-state index contributed by atoms with van der Waals surface area (Å²) >= 11 is 1.50. The van der Waals surface area contributed by atoms with Gasteiger partial charge in [-0.25, -0.2) is 0 Å². The Hall–Kier alpha value is -1.85. The van der Waals surface area contributed by atoms with E-state index in [-0.39, 0.29) is 17.9 Å². The lowest BCUT2D eigenvalue weighted by molar-refractivity contribution is -0.116. The number of hydrogen-bond acceptors (Lipinski definition) is 4. The van der Waals surface area contributed by atoms with Crippen molar-refractivity contribution in [3.8, 4) is 0 Å². The normalized spacial score (nSPS) is 18.3. The van der Waals surface area contributed by atoms with Crippen LogP contribution in [0.3, 0.4) is 0 Å². The Bertz CT molecular complexity index is 697. The molecule has 0 bridgehead atoms. The van der Waals surface area contributed by atoms with E-state index in [1.165, 1.54) is 11.3 Å². The molecule has 1 aliphatic rings. The molecule has 5 heteroatoms. The van der Waals surface area contributed by atoms with Gasteiger partial charge in [-0.2, -0.15) is 0 Å². The Labute approximate surface area is 140 Å². The van der Waals surface area contributed by atoms with Gasteiger partial charge in [0.05, 0.1) is 11.8 Å². The fourth-order valence-corrected chi connectivity index (χ4v) is 4.30. The fraction of sp³-hybridized carbons (Fsp3) is 0.389. The monoisotopic (exact) mass is 330 g/mol. The molecule has 2 aromatic rings. The van der Waals surface area contributed by atoms with Gasteiger partial charge in [-0.3, -0.25) is 4.79 Å². The predicted molar refractivity (Wildman–Crippen MR) is 94.9 cm³/mol. The second kappa shape index (κ2) is 6.72. The maximum absolute atomic E-state index is 12.3. The molecule has 1 heterocycles. The summed E-state index contributed by atoms with van der Waals surface area (Å²) in [5.41, 5.74) is 9.11. The van der Waals surface area contributed by atoms with Gasteiger partial charge in [-0.05, 0) is 29.9 Å². The second-order valence-electron chi connectivity index (χ2n) is 6.21. The van der Waals surface area contributed by atoms with Crippen LogP contribution in [0.5, 0.6) is 0 Å². The maximum atomic E-state index is 12.3. The van der Waals surface area contributed by atoms with Crippen LogP contribution in [-0.2, 0) is 17.6 Å². The van der Waals surface area contributed by atoms with E-state index in [9.17, 15) is 9.90 Å². The van der Waals surface area contributed by atoms with Crippen molar-refractivity contribution in [2.45, 2.75) is 44.6 Å². The molecule has 0 saturated carbocycles. The van der Waals surface area contributed by atoms with Gasteiger partial charge in [0.25, 0.3) is 0 Å². The summed E-state index contributed by atoms with van der Waals surface area (Å²) in [7, 11) is 0. The smallest absolute Gasteiger partial charge is 0.225 e. The highest BCUT2D eigenvalue weighted by atomic mass is 32.1. The Morgan fingerprint density at radius 2 is 2.17 bits per heavy atom. The molecule has 1 aromatic heterocycles. The molecule has 0 saturated heterocycles. The number of aliphatic hydroxyl groups is 1. The molecule has 0 aliphatic heterocycles. The minimum absolute atomic E-state index is 0.0211. The summed E-state index contributed by atoms with van der Waals surface area (Å²) in [4.78, 5) is 13.4. The van der Waals surface area contributed by atoms with Gasteiger partial charge >= 0.3 is 0 Å². The third kappa shape index (κ3) is 3.57. The van der Waals surface area contributed by atoms with Crippen molar-refractivity contribution in [3.63, 3.8) is 0 Å². The van der Waals surface area contributed by atoms with Crippen LogP contribution in [0.1, 0.15) is 41.7 Å². The van der Waals surface area contributed by atoms with E-state index in [4.69, 9.17) is 5.73 Å². The molecule has 2 atom stereocenters. The number of nitrogens with one attached hydrogen (secondary N) is 1. The SMILES string of the molecule is CC(CC(=O)Nc1sc2c(c1N)CCC(O)C2)c1ccccc1. The maximum Gasteiger partial charge on any atom is 0.225 e. The van der Waals surface area contributed by atoms with Gasteiger partial charge in [0.2, 0.25) is 5.91 Å². The van der Waals surface area contributed by atoms with Gasteiger partial charge in [-0.1, -0.05) is 37.3 Å². The summed E-state index contributed by atoms with van der Waals surface area (Å²) in [5, 5.41) is 13.4. The Morgan fingerprint density at radius 3 is 2.91 bits per heavy atom. The lowest BCUT2D eigenvalue weighted by atomic mass is 9.96. The van der Waals surface area contributed by atoms with Crippen molar-refractivity contribution in [2.75, 3.05) is 11.1 Å². The summed E-state index contributed by atoms with van der Waals surface area (Å²) in [6.45, 7) is 2.05. The number of nitrogen functional groups attached to an aromatic ring is 1. The number of benzene rings is 1. The van der Waals surface area contributed by atoms with E-state index in [1.807, 2.05) is 37.3 Å². The molecule has 4 nitrogen and oxygen atoms in total. The Morgan fingerprint density at radius 1 is 1.43 bits per heavy atom. The zero-order chi connectivity index (χ0) is 16.4. The number of fused-ring (bicyclic) bond motifs is 1. The van der Waals surface area contributed by atoms with E-state index in [0.29, 0.717) is 18.5 Å².